The van der Waals surface area contributed by atoms with E-state index in [-0.39, 0.29) is 5.54 Å². The zero-order valence-corrected chi connectivity index (χ0v) is 12.0. The molecule has 0 radical (unpaired) electrons. The summed E-state index contributed by atoms with van der Waals surface area (Å²) >= 11 is 0. The molecular formula is C14H28N2O. The van der Waals surface area contributed by atoms with Crippen molar-refractivity contribution in [3.8, 4) is 0 Å². The summed E-state index contributed by atoms with van der Waals surface area (Å²) in [7, 11) is 0. The second kappa shape index (κ2) is 5.98. The Morgan fingerprint density at radius 1 is 1.41 bits per heavy atom. The van der Waals surface area contributed by atoms with Crippen molar-refractivity contribution in [3.05, 3.63) is 12.2 Å². The van der Waals surface area contributed by atoms with Gasteiger partial charge in [-0.05, 0) is 40.2 Å². The third-order valence-corrected chi connectivity index (χ3v) is 3.03. The number of nitrogens with one attached hydrogen (secondary N) is 1. The maximum Gasteiger partial charge on any atom is 0.0674 e. The highest BCUT2D eigenvalue weighted by Crippen LogP contribution is 2.12. The topological polar surface area (TPSA) is 24.5 Å². The van der Waals surface area contributed by atoms with E-state index in [1.165, 1.54) is 5.57 Å². The smallest absolute Gasteiger partial charge is 0.0674 e. The third kappa shape index (κ3) is 5.66. The molecule has 0 aliphatic carbocycles. The highest BCUT2D eigenvalue weighted by molar-refractivity contribution is 5.02. The van der Waals surface area contributed by atoms with Gasteiger partial charge in [-0.3, -0.25) is 4.90 Å². The standard InChI is InChI=1S/C14H28N2O/c1-11(7-15-14(4,5)6)8-16-9-13(3)17-10-12(16)2/h12-13,15H,1,7-10H2,2-6H3. The van der Waals surface area contributed by atoms with E-state index in [9.17, 15) is 0 Å². The summed E-state index contributed by atoms with van der Waals surface area (Å²) in [6, 6.07) is 0.498. The Morgan fingerprint density at radius 2 is 2.06 bits per heavy atom. The van der Waals surface area contributed by atoms with E-state index in [0.717, 1.165) is 26.2 Å². The fourth-order valence-electron chi connectivity index (χ4n) is 1.93. The molecule has 0 aromatic carbocycles. The molecule has 1 N–H and O–H groups in total. The van der Waals surface area contributed by atoms with E-state index in [1.54, 1.807) is 0 Å². The molecule has 2 unspecified atom stereocenters. The zero-order chi connectivity index (χ0) is 13.1. The lowest BCUT2D eigenvalue weighted by atomic mass is 10.1. The molecule has 1 aliphatic heterocycles. The van der Waals surface area contributed by atoms with Gasteiger partial charge in [-0.2, -0.15) is 0 Å². The van der Waals surface area contributed by atoms with Gasteiger partial charge < -0.3 is 10.1 Å². The van der Waals surface area contributed by atoms with Crippen LogP contribution in [0.15, 0.2) is 12.2 Å². The van der Waals surface area contributed by atoms with Gasteiger partial charge in [0.2, 0.25) is 0 Å². The second-order valence-corrected chi connectivity index (χ2v) is 6.28. The molecule has 1 rings (SSSR count). The minimum atomic E-state index is 0.160. The number of hydrogen-bond acceptors (Lipinski definition) is 3. The number of rotatable bonds is 4. The lowest BCUT2D eigenvalue weighted by Gasteiger charge is -2.37. The predicted octanol–water partition coefficient (Wildman–Crippen LogP) is 2.04. The molecule has 0 spiro atoms. The average molecular weight is 240 g/mol. The van der Waals surface area contributed by atoms with Crippen molar-refractivity contribution in [3.63, 3.8) is 0 Å². The van der Waals surface area contributed by atoms with E-state index in [2.05, 4.69) is 51.4 Å². The first kappa shape index (κ1) is 14.7. The van der Waals surface area contributed by atoms with Gasteiger partial charge in [-0.15, -0.1) is 0 Å². The van der Waals surface area contributed by atoms with E-state index in [4.69, 9.17) is 4.74 Å². The first-order valence-corrected chi connectivity index (χ1v) is 6.55. The normalized spacial score (nSPS) is 27.1. The first-order chi connectivity index (χ1) is 7.78. The lowest BCUT2D eigenvalue weighted by Crippen LogP contribution is -2.48. The van der Waals surface area contributed by atoms with Crippen molar-refractivity contribution >= 4 is 0 Å². The van der Waals surface area contributed by atoms with Crippen LogP contribution >= 0.6 is 0 Å². The van der Waals surface area contributed by atoms with Gasteiger partial charge in [-0.25, -0.2) is 0 Å². The molecule has 2 atom stereocenters. The Morgan fingerprint density at radius 3 is 2.65 bits per heavy atom. The molecule has 17 heavy (non-hydrogen) atoms. The molecule has 0 aromatic rings. The highest BCUT2D eigenvalue weighted by atomic mass is 16.5. The summed E-state index contributed by atoms with van der Waals surface area (Å²) in [5.74, 6) is 0. The fourth-order valence-corrected chi connectivity index (χ4v) is 1.93. The molecule has 3 heteroatoms. The number of hydrogen-bond donors (Lipinski definition) is 1. The van der Waals surface area contributed by atoms with Crippen LogP contribution in [0.5, 0.6) is 0 Å². The molecule has 100 valence electrons. The maximum atomic E-state index is 5.63. The monoisotopic (exact) mass is 240 g/mol. The van der Waals surface area contributed by atoms with Gasteiger partial charge >= 0.3 is 0 Å². The first-order valence-electron chi connectivity index (χ1n) is 6.55. The Labute approximate surface area is 106 Å². The van der Waals surface area contributed by atoms with Crippen molar-refractivity contribution in [2.24, 2.45) is 0 Å². The van der Waals surface area contributed by atoms with E-state index in [0.29, 0.717) is 12.1 Å². The molecule has 0 bridgehead atoms. The van der Waals surface area contributed by atoms with E-state index < -0.39 is 0 Å². The SMILES string of the molecule is C=C(CNC(C)(C)C)CN1CC(C)OCC1C. The summed E-state index contributed by atoms with van der Waals surface area (Å²) < 4.78 is 5.63. The van der Waals surface area contributed by atoms with Gasteiger partial charge in [0.05, 0.1) is 12.7 Å². The van der Waals surface area contributed by atoms with Crippen molar-refractivity contribution in [1.82, 2.24) is 10.2 Å². The van der Waals surface area contributed by atoms with Crippen LogP contribution < -0.4 is 5.32 Å². The quantitative estimate of drug-likeness (QED) is 0.761. The third-order valence-electron chi connectivity index (χ3n) is 3.03. The van der Waals surface area contributed by atoms with Crippen LogP contribution in [0.4, 0.5) is 0 Å². The zero-order valence-electron chi connectivity index (χ0n) is 12.0. The van der Waals surface area contributed by atoms with Crippen molar-refractivity contribution < 1.29 is 4.74 Å². The molecule has 1 saturated heterocycles. The summed E-state index contributed by atoms with van der Waals surface area (Å²) in [6.07, 6.45) is 0.342. The summed E-state index contributed by atoms with van der Waals surface area (Å²) in [6.45, 7) is 18.8. The summed E-state index contributed by atoms with van der Waals surface area (Å²) in [5, 5.41) is 3.48. The molecular weight excluding hydrogens is 212 g/mol. The second-order valence-electron chi connectivity index (χ2n) is 6.28. The summed E-state index contributed by atoms with van der Waals surface area (Å²) in [5.41, 5.74) is 1.41. The number of nitrogens with zero attached hydrogens (tertiary/aromatic N) is 1. The van der Waals surface area contributed by atoms with Gasteiger partial charge in [0.15, 0.2) is 0 Å². The molecule has 1 fully saturated rings. The Hall–Kier alpha value is -0.380. The highest BCUT2D eigenvalue weighted by Gasteiger charge is 2.23. The van der Waals surface area contributed by atoms with Crippen LogP contribution in [-0.2, 0) is 4.74 Å². The van der Waals surface area contributed by atoms with Crippen molar-refractivity contribution in [1.29, 1.82) is 0 Å². The van der Waals surface area contributed by atoms with E-state index in [1.807, 2.05) is 0 Å². The van der Waals surface area contributed by atoms with Crippen LogP contribution in [0.25, 0.3) is 0 Å². The largest absolute Gasteiger partial charge is 0.376 e. The van der Waals surface area contributed by atoms with E-state index >= 15 is 0 Å². The van der Waals surface area contributed by atoms with Gasteiger partial charge in [0.1, 0.15) is 0 Å². The van der Waals surface area contributed by atoms with Gasteiger partial charge in [0.25, 0.3) is 0 Å². The van der Waals surface area contributed by atoms with Crippen LogP contribution in [0.1, 0.15) is 34.6 Å². The Balaban J connectivity index is 2.34. The average Bonchev–Trinajstić information content (AvgIpc) is 2.20. The molecule has 3 nitrogen and oxygen atoms in total. The maximum absolute atomic E-state index is 5.63. The van der Waals surface area contributed by atoms with Gasteiger partial charge in [0, 0.05) is 31.2 Å². The minimum Gasteiger partial charge on any atom is -0.376 e. The molecule has 1 heterocycles. The predicted molar refractivity (Wildman–Crippen MR) is 73.3 cm³/mol. The Kier molecular flexibility index (Phi) is 5.17. The van der Waals surface area contributed by atoms with Crippen molar-refractivity contribution in [2.75, 3.05) is 26.2 Å². The fraction of sp³-hybridized carbons (Fsp3) is 0.857. The number of ether oxygens (including phenoxy) is 1. The van der Waals surface area contributed by atoms with Crippen molar-refractivity contribution in [2.45, 2.75) is 52.3 Å². The van der Waals surface area contributed by atoms with Crippen LogP contribution in [0, 0.1) is 0 Å². The van der Waals surface area contributed by atoms with Gasteiger partial charge in [-0.1, -0.05) is 6.58 Å². The minimum absolute atomic E-state index is 0.160. The summed E-state index contributed by atoms with van der Waals surface area (Å²) in [4.78, 5) is 2.46. The molecule has 0 aromatic heterocycles. The van der Waals surface area contributed by atoms with Crippen LogP contribution in [0.3, 0.4) is 0 Å². The van der Waals surface area contributed by atoms with Crippen LogP contribution in [0.2, 0.25) is 0 Å². The Bertz CT molecular complexity index is 257. The number of morpholine rings is 1. The molecule has 0 amide bonds. The van der Waals surface area contributed by atoms with Crippen LogP contribution in [-0.4, -0.2) is 48.8 Å². The lowest BCUT2D eigenvalue weighted by molar-refractivity contribution is -0.0458. The molecule has 0 saturated carbocycles. The molecule has 1 aliphatic rings.